The molecule has 1 N–H and O–H groups in total. The molecule has 0 spiro atoms. The van der Waals surface area contributed by atoms with Crippen molar-refractivity contribution in [3.63, 3.8) is 0 Å². The summed E-state index contributed by atoms with van der Waals surface area (Å²) in [5.41, 5.74) is 1.18. The van der Waals surface area contributed by atoms with Crippen LogP contribution in [0.15, 0.2) is 30.3 Å². The van der Waals surface area contributed by atoms with Gasteiger partial charge in [0.2, 0.25) is 0 Å². The van der Waals surface area contributed by atoms with Gasteiger partial charge >= 0.3 is 178 Å². The molecule has 3 nitrogen and oxygen atoms in total. The van der Waals surface area contributed by atoms with Crippen molar-refractivity contribution in [2.45, 2.75) is 103 Å². The summed E-state index contributed by atoms with van der Waals surface area (Å²) in [7, 11) is 0. The van der Waals surface area contributed by atoms with Crippen LogP contribution >= 0.6 is 0 Å². The number of hydrogen-bond donors (Lipinski definition) is 1. The molecule has 0 saturated carbocycles. The fraction of sp³-hybridized carbons (Fsp3) is 0.750. The normalized spacial score (nSPS) is 14.2. The van der Waals surface area contributed by atoms with Crippen molar-refractivity contribution in [3.8, 4) is 0 Å². The molecule has 1 aromatic carbocycles. The first-order chi connectivity index (χ1) is 13.6. The third-order valence-electron chi connectivity index (χ3n) is 5.79. The second-order valence-corrected chi connectivity index (χ2v) is 22.3. The Kier molecular flexibility index (Phi) is 14.5. The molecule has 0 aliphatic heterocycles. The molecule has 162 valence electrons. The average molecular weight is 499 g/mol. The fourth-order valence-corrected chi connectivity index (χ4v) is 21.7. The standard InChI is InChI=1S/C12H17O3.3C4H9.Sn/c1-11(13)7-8-14-10-15-9-12-5-3-2-4-6-12;3*1-3-4-2;/h2-6,8,11,13H,7,9-10H2,1H3;3*1,3-4H2,2H3;/t11-;;;;/m0..../s1. The monoisotopic (exact) mass is 500 g/mol. The van der Waals surface area contributed by atoms with E-state index in [9.17, 15) is 5.11 Å². The summed E-state index contributed by atoms with van der Waals surface area (Å²) in [4.78, 5) is 0. The van der Waals surface area contributed by atoms with Gasteiger partial charge in [-0.25, -0.2) is 0 Å². The number of aliphatic hydroxyl groups is 1. The van der Waals surface area contributed by atoms with E-state index in [0.717, 1.165) is 6.42 Å². The zero-order chi connectivity index (χ0) is 20.7. The van der Waals surface area contributed by atoms with Crippen molar-refractivity contribution in [3.05, 3.63) is 35.9 Å². The van der Waals surface area contributed by atoms with Gasteiger partial charge in [0.25, 0.3) is 0 Å². The summed E-state index contributed by atoms with van der Waals surface area (Å²) < 4.78 is 16.7. The molecule has 0 bridgehead atoms. The van der Waals surface area contributed by atoms with Gasteiger partial charge < -0.3 is 0 Å². The first-order valence-electron chi connectivity index (χ1n) is 11.5. The van der Waals surface area contributed by atoms with Crippen LogP contribution in [0.5, 0.6) is 0 Å². The van der Waals surface area contributed by atoms with E-state index in [1.165, 1.54) is 57.4 Å². The van der Waals surface area contributed by atoms with E-state index >= 15 is 0 Å². The van der Waals surface area contributed by atoms with Crippen LogP contribution in [0.25, 0.3) is 0 Å². The van der Waals surface area contributed by atoms with Gasteiger partial charge in [-0.2, -0.15) is 0 Å². The molecule has 4 heteroatoms. The molecule has 1 rings (SSSR count). The molecular weight excluding hydrogens is 455 g/mol. The molecule has 0 aliphatic rings. The number of benzene rings is 1. The third-order valence-corrected chi connectivity index (χ3v) is 22.4. The van der Waals surface area contributed by atoms with Crippen LogP contribution in [-0.2, 0) is 16.1 Å². The van der Waals surface area contributed by atoms with Crippen molar-refractivity contribution in [2.75, 3.05) is 6.79 Å². The van der Waals surface area contributed by atoms with Crippen molar-refractivity contribution in [2.24, 2.45) is 0 Å². The van der Waals surface area contributed by atoms with E-state index in [4.69, 9.17) is 9.47 Å². The van der Waals surface area contributed by atoms with E-state index in [1.54, 1.807) is 0 Å². The first kappa shape index (κ1) is 25.9. The van der Waals surface area contributed by atoms with E-state index in [0.29, 0.717) is 13.4 Å². The minimum atomic E-state index is -2.56. The van der Waals surface area contributed by atoms with E-state index in [2.05, 4.69) is 32.9 Å². The summed E-state index contributed by atoms with van der Waals surface area (Å²) >= 11 is -2.56. The Morgan fingerprint density at radius 1 is 0.893 bits per heavy atom. The van der Waals surface area contributed by atoms with Crippen molar-refractivity contribution in [1.29, 1.82) is 0 Å². The summed E-state index contributed by atoms with van der Waals surface area (Å²) in [6.07, 6.45) is 8.17. The van der Waals surface area contributed by atoms with Crippen LogP contribution in [0, 0.1) is 0 Å². The quantitative estimate of drug-likeness (QED) is 0.147. The van der Waals surface area contributed by atoms with E-state index in [-0.39, 0.29) is 10.2 Å². The van der Waals surface area contributed by atoms with E-state index < -0.39 is 18.4 Å². The minimum absolute atomic E-state index is 0.259. The zero-order valence-electron chi connectivity index (χ0n) is 18.8. The first-order valence-corrected chi connectivity index (χ1v) is 19.2. The number of unbranched alkanes of at least 4 members (excludes halogenated alkanes) is 3. The number of ether oxygens (including phenoxy) is 2. The Hall–Kier alpha value is -0.101. The Morgan fingerprint density at radius 3 is 1.89 bits per heavy atom. The van der Waals surface area contributed by atoms with Gasteiger partial charge in [-0.15, -0.1) is 0 Å². The average Bonchev–Trinajstić information content (AvgIpc) is 2.70. The molecule has 2 atom stereocenters. The van der Waals surface area contributed by atoms with Crippen molar-refractivity contribution >= 4 is 18.4 Å². The van der Waals surface area contributed by atoms with Gasteiger partial charge in [0.05, 0.1) is 0 Å². The van der Waals surface area contributed by atoms with Crippen LogP contribution in [0.3, 0.4) is 0 Å². The van der Waals surface area contributed by atoms with Gasteiger partial charge in [0.1, 0.15) is 0 Å². The molecule has 0 heterocycles. The number of aliphatic hydroxyl groups excluding tert-OH is 1. The second-order valence-electron chi connectivity index (χ2n) is 8.36. The Morgan fingerprint density at radius 2 is 1.43 bits per heavy atom. The van der Waals surface area contributed by atoms with Gasteiger partial charge in [-0.1, -0.05) is 0 Å². The maximum atomic E-state index is 10.2. The summed E-state index contributed by atoms with van der Waals surface area (Å²) in [6.45, 7) is 9.73. The molecule has 0 radical (unpaired) electrons. The molecule has 28 heavy (non-hydrogen) atoms. The molecule has 0 aromatic heterocycles. The SMILES string of the molecule is CCC[CH2][Sn]([CH2]CCC)([CH2]CCC)[C@H](C[C@H](C)O)OCOCc1ccccc1. The Bertz CT molecular complexity index is 456. The summed E-state index contributed by atoms with van der Waals surface area (Å²) in [5, 5.41) is 10.2. The van der Waals surface area contributed by atoms with Gasteiger partial charge in [0, 0.05) is 0 Å². The van der Waals surface area contributed by atoms with Crippen LogP contribution in [0.2, 0.25) is 13.3 Å². The molecule has 0 amide bonds. The Balaban J connectivity index is 2.82. The topological polar surface area (TPSA) is 38.7 Å². The predicted octanol–water partition coefficient (Wildman–Crippen LogP) is 6.71. The molecule has 0 unspecified atom stereocenters. The second kappa shape index (κ2) is 15.7. The number of hydrogen-bond acceptors (Lipinski definition) is 3. The van der Waals surface area contributed by atoms with Gasteiger partial charge in [0.15, 0.2) is 0 Å². The third kappa shape index (κ3) is 10.1. The van der Waals surface area contributed by atoms with Crippen LogP contribution in [0.1, 0.15) is 78.2 Å². The van der Waals surface area contributed by atoms with E-state index in [1.807, 2.05) is 25.1 Å². The molecule has 0 saturated heterocycles. The fourth-order valence-electron chi connectivity index (χ4n) is 4.11. The Labute approximate surface area is 178 Å². The van der Waals surface area contributed by atoms with Crippen molar-refractivity contribution < 1.29 is 14.6 Å². The maximum absolute atomic E-state index is 10.2. The van der Waals surface area contributed by atoms with Crippen molar-refractivity contribution in [1.82, 2.24) is 0 Å². The summed E-state index contributed by atoms with van der Waals surface area (Å²) in [6, 6.07) is 10.3. The van der Waals surface area contributed by atoms with Gasteiger partial charge in [-0.3, -0.25) is 0 Å². The summed E-state index contributed by atoms with van der Waals surface area (Å²) in [5.74, 6) is 0. The molecular formula is C24H44O3Sn. The van der Waals surface area contributed by atoms with Crippen LogP contribution in [-0.4, -0.2) is 40.5 Å². The van der Waals surface area contributed by atoms with Crippen LogP contribution in [0.4, 0.5) is 0 Å². The molecule has 0 aliphatic carbocycles. The zero-order valence-corrected chi connectivity index (χ0v) is 21.6. The van der Waals surface area contributed by atoms with Gasteiger partial charge in [-0.05, 0) is 0 Å². The molecule has 1 aromatic rings. The predicted molar refractivity (Wildman–Crippen MR) is 122 cm³/mol. The van der Waals surface area contributed by atoms with Crippen LogP contribution < -0.4 is 0 Å². The number of rotatable bonds is 17. The molecule has 0 fully saturated rings.